The number of esters is 1. The number of ether oxygens (including phenoxy) is 4. The second kappa shape index (κ2) is 9.13. The van der Waals surface area contributed by atoms with Gasteiger partial charge in [0, 0.05) is 24.4 Å². The Morgan fingerprint density at radius 1 is 1.07 bits per heavy atom. The fourth-order valence-electron chi connectivity index (χ4n) is 2.21. The lowest BCUT2D eigenvalue weighted by molar-refractivity contribution is -0.154. The maximum Gasteiger partial charge on any atom is 0.422 e. The second-order valence-electron chi connectivity index (χ2n) is 5.49. The molecule has 0 fully saturated rings. The molecule has 1 amide bonds. The van der Waals surface area contributed by atoms with Crippen LogP contribution in [-0.4, -0.2) is 51.0 Å². The predicted octanol–water partition coefficient (Wildman–Crippen LogP) is 3.08. The van der Waals surface area contributed by atoms with Crippen LogP contribution in [0, 0.1) is 0 Å². The molecule has 8 nitrogen and oxygen atoms in total. The molecular formula is C18H17F3N2O6. The third-order valence-corrected chi connectivity index (χ3v) is 3.56. The second-order valence-corrected chi connectivity index (χ2v) is 5.49. The number of nitrogens with one attached hydrogen (secondary N) is 1. The predicted molar refractivity (Wildman–Crippen MR) is 94.6 cm³/mol. The van der Waals surface area contributed by atoms with Gasteiger partial charge in [0.2, 0.25) is 5.88 Å². The Bertz CT molecular complexity index is 884. The summed E-state index contributed by atoms with van der Waals surface area (Å²) in [6, 6.07) is 5.06. The number of amides is 1. The summed E-state index contributed by atoms with van der Waals surface area (Å²) in [6.45, 7) is -1.50. The number of carbonyl (C=O) groups excluding carboxylic acids is 2. The van der Waals surface area contributed by atoms with E-state index in [4.69, 9.17) is 14.2 Å². The number of hydrogen-bond acceptors (Lipinski definition) is 7. The van der Waals surface area contributed by atoms with Crippen molar-refractivity contribution >= 4 is 17.6 Å². The average molecular weight is 414 g/mol. The van der Waals surface area contributed by atoms with Gasteiger partial charge in [-0.15, -0.1) is 0 Å². The van der Waals surface area contributed by atoms with Crippen LogP contribution in [0.1, 0.15) is 20.7 Å². The van der Waals surface area contributed by atoms with Crippen LogP contribution >= 0.6 is 0 Å². The van der Waals surface area contributed by atoms with Crippen molar-refractivity contribution in [3.8, 4) is 17.4 Å². The van der Waals surface area contributed by atoms with Gasteiger partial charge in [-0.25, -0.2) is 9.78 Å². The minimum Gasteiger partial charge on any atom is -0.493 e. The van der Waals surface area contributed by atoms with Gasteiger partial charge >= 0.3 is 12.1 Å². The van der Waals surface area contributed by atoms with E-state index in [1.54, 1.807) is 0 Å². The van der Waals surface area contributed by atoms with Gasteiger partial charge in [0.15, 0.2) is 18.1 Å². The average Bonchev–Trinajstić information content (AvgIpc) is 2.71. The third kappa shape index (κ3) is 5.74. The molecule has 0 aliphatic heterocycles. The van der Waals surface area contributed by atoms with Crippen LogP contribution in [-0.2, 0) is 4.74 Å². The van der Waals surface area contributed by atoms with Crippen LogP contribution in [0.3, 0.4) is 0 Å². The number of aromatic nitrogens is 1. The molecule has 0 aliphatic carbocycles. The van der Waals surface area contributed by atoms with Crippen molar-refractivity contribution in [3.63, 3.8) is 0 Å². The van der Waals surface area contributed by atoms with Crippen LogP contribution in [0.25, 0.3) is 0 Å². The molecule has 11 heteroatoms. The maximum atomic E-state index is 12.5. The summed E-state index contributed by atoms with van der Waals surface area (Å²) in [5.74, 6) is -1.18. The Balaban J connectivity index is 2.24. The number of pyridine rings is 1. The molecule has 2 aromatic rings. The molecule has 0 spiro atoms. The molecule has 1 N–H and O–H groups in total. The molecule has 29 heavy (non-hydrogen) atoms. The van der Waals surface area contributed by atoms with E-state index in [0.29, 0.717) is 0 Å². The van der Waals surface area contributed by atoms with Gasteiger partial charge < -0.3 is 24.3 Å². The van der Waals surface area contributed by atoms with E-state index in [9.17, 15) is 22.8 Å². The van der Waals surface area contributed by atoms with Crippen molar-refractivity contribution in [1.82, 2.24) is 4.98 Å². The first-order chi connectivity index (χ1) is 13.7. The van der Waals surface area contributed by atoms with Crippen LogP contribution in [0.2, 0.25) is 0 Å². The number of alkyl halides is 3. The molecule has 0 saturated heterocycles. The molecule has 1 aromatic heterocycles. The number of halogens is 3. The van der Waals surface area contributed by atoms with Crippen LogP contribution in [0.5, 0.6) is 17.4 Å². The van der Waals surface area contributed by atoms with Crippen molar-refractivity contribution in [1.29, 1.82) is 0 Å². The number of carbonyl (C=O) groups is 2. The van der Waals surface area contributed by atoms with E-state index in [-0.39, 0.29) is 34.2 Å². The molecule has 1 heterocycles. The van der Waals surface area contributed by atoms with Gasteiger partial charge in [-0.05, 0) is 6.07 Å². The molecule has 0 saturated carbocycles. The minimum absolute atomic E-state index is 0.0107. The summed E-state index contributed by atoms with van der Waals surface area (Å²) in [5.41, 5.74) is 0.114. The van der Waals surface area contributed by atoms with Gasteiger partial charge in [0.05, 0.1) is 38.1 Å². The van der Waals surface area contributed by atoms with Gasteiger partial charge in [-0.1, -0.05) is 0 Å². The van der Waals surface area contributed by atoms with E-state index >= 15 is 0 Å². The lowest BCUT2D eigenvalue weighted by Gasteiger charge is -2.14. The van der Waals surface area contributed by atoms with E-state index in [2.05, 4.69) is 15.0 Å². The SMILES string of the molecule is COC(=O)c1cc(OC)c(OC)cc1NC(=O)c1ccc(OCC(F)(F)F)nc1. The number of methoxy groups -OCH3 is 3. The van der Waals surface area contributed by atoms with E-state index < -0.39 is 24.7 Å². The number of benzene rings is 1. The van der Waals surface area contributed by atoms with Gasteiger partial charge in [0.25, 0.3) is 5.91 Å². The molecule has 0 aliphatic rings. The first kappa shape index (κ1) is 21.8. The molecular weight excluding hydrogens is 397 g/mol. The quantitative estimate of drug-likeness (QED) is 0.696. The topological polar surface area (TPSA) is 96.0 Å². The standard InChI is InChI=1S/C18H17F3N2O6/c1-26-13-6-11(17(25)28-3)12(7-14(13)27-2)23-16(24)10-4-5-15(22-8-10)29-9-18(19,20)21/h4-8H,9H2,1-3H3,(H,23,24). The summed E-state index contributed by atoms with van der Waals surface area (Å²) < 4.78 is 56.0. The molecule has 0 bridgehead atoms. The van der Waals surface area contributed by atoms with Crippen molar-refractivity contribution in [2.75, 3.05) is 33.3 Å². The third-order valence-electron chi connectivity index (χ3n) is 3.56. The highest BCUT2D eigenvalue weighted by Gasteiger charge is 2.28. The normalized spacial score (nSPS) is 10.8. The Morgan fingerprint density at radius 3 is 2.24 bits per heavy atom. The number of anilines is 1. The van der Waals surface area contributed by atoms with Crippen molar-refractivity contribution < 1.29 is 41.7 Å². The number of nitrogens with zero attached hydrogens (tertiary/aromatic N) is 1. The van der Waals surface area contributed by atoms with Crippen molar-refractivity contribution in [2.24, 2.45) is 0 Å². The largest absolute Gasteiger partial charge is 0.493 e. The lowest BCUT2D eigenvalue weighted by atomic mass is 10.1. The van der Waals surface area contributed by atoms with Gasteiger partial charge in [-0.3, -0.25) is 4.79 Å². The summed E-state index contributed by atoms with van der Waals surface area (Å²) in [6.07, 6.45) is -3.46. The minimum atomic E-state index is -4.50. The Kier molecular flexibility index (Phi) is 6.86. The van der Waals surface area contributed by atoms with Gasteiger partial charge in [0.1, 0.15) is 0 Å². The first-order valence-corrected chi connectivity index (χ1v) is 7.99. The summed E-state index contributed by atoms with van der Waals surface area (Å²) in [4.78, 5) is 28.2. The monoisotopic (exact) mass is 414 g/mol. The zero-order valence-corrected chi connectivity index (χ0v) is 15.6. The van der Waals surface area contributed by atoms with E-state index in [1.165, 1.54) is 39.5 Å². The molecule has 2 rings (SSSR count). The molecule has 0 unspecified atom stereocenters. The smallest absolute Gasteiger partial charge is 0.422 e. The lowest BCUT2D eigenvalue weighted by Crippen LogP contribution is -2.20. The Hall–Kier alpha value is -3.50. The highest BCUT2D eigenvalue weighted by Crippen LogP contribution is 2.34. The number of rotatable bonds is 7. The summed E-state index contributed by atoms with van der Waals surface area (Å²) in [7, 11) is 3.93. The molecule has 156 valence electrons. The van der Waals surface area contributed by atoms with E-state index in [1.807, 2.05) is 0 Å². The van der Waals surface area contributed by atoms with Crippen LogP contribution in [0.4, 0.5) is 18.9 Å². The Labute approximate surface area is 163 Å². The maximum absolute atomic E-state index is 12.5. The van der Waals surface area contributed by atoms with Crippen LogP contribution < -0.4 is 19.5 Å². The molecule has 1 aromatic carbocycles. The first-order valence-electron chi connectivity index (χ1n) is 7.99. The molecule has 0 radical (unpaired) electrons. The van der Waals surface area contributed by atoms with Crippen molar-refractivity contribution in [2.45, 2.75) is 6.18 Å². The van der Waals surface area contributed by atoms with E-state index in [0.717, 1.165) is 12.3 Å². The number of hydrogen-bond donors (Lipinski definition) is 1. The summed E-state index contributed by atoms with van der Waals surface area (Å²) >= 11 is 0. The van der Waals surface area contributed by atoms with Crippen molar-refractivity contribution in [3.05, 3.63) is 41.6 Å². The highest BCUT2D eigenvalue weighted by atomic mass is 19.4. The zero-order chi connectivity index (χ0) is 21.6. The highest BCUT2D eigenvalue weighted by molar-refractivity contribution is 6.08. The fraction of sp³-hybridized carbons (Fsp3) is 0.278. The Morgan fingerprint density at radius 2 is 1.72 bits per heavy atom. The van der Waals surface area contributed by atoms with Crippen LogP contribution in [0.15, 0.2) is 30.5 Å². The molecule has 0 atom stereocenters. The van der Waals surface area contributed by atoms with Gasteiger partial charge in [-0.2, -0.15) is 13.2 Å². The zero-order valence-electron chi connectivity index (χ0n) is 15.6. The summed E-state index contributed by atoms with van der Waals surface area (Å²) in [5, 5.41) is 2.51. The fourth-order valence-corrected chi connectivity index (χ4v) is 2.21.